The summed E-state index contributed by atoms with van der Waals surface area (Å²) in [6.45, 7) is 8.06. The Bertz CT molecular complexity index is 309. The fourth-order valence-electron chi connectivity index (χ4n) is 3.23. The van der Waals surface area contributed by atoms with Crippen molar-refractivity contribution in [2.75, 3.05) is 26.2 Å². The molecule has 4 nitrogen and oxygen atoms in total. The van der Waals surface area contributed by atoms with Crippen LogP contribution in [0.15, 0.2) is 0 Å². The molecule has 4 heteroatoms. The SMILES string of the molecule is CC(C)CN(C1CC1)C(CN)CC(=O)N1CCCCC1. The average Bonchev–Trinajstić information content (AvgIpc) is 3.27. The maximum Gasteiger partial charge on any atom is 0.224 e. The average molecular weight is 281 g/mol. The summed E-state index contributed by atoms with van der Waals surface area (Å²) in [5.41, 5.74) is 5.98. The molecule has 2 aliphatic rings. The normalized spacial score (nSPS) is 21.6. The van der Waals surface area contributed by atoms with E-state index >= 15 is 0 Å². The summed E-state index contributed by atoms with van der Waals surface area (Å²) in [6.07, 6.45) is 6.77. The van der Waals surface area contributed by atoms with E-state index in [4.69, 9.17) is 5.73 Å². The Balaban J connectivity index is 1.90. The van der Waals surface area contributed by atoms with Crippen molar-refractivity contribution in [2.24, 2.45) is 11.7 Å². The third kappa shape index (κ3) is 4.45. The number of piperidine rings is 1. The molecule has 20 heavy (non-hydrogen) atoms. The van der Waals surface area contributed by atoms with Gasteiger partial charge in [0.15, 0.2) is 0 Å². The minimum atomic E-state index is 0.235. The van der Waals surface area contributed by atoms with Gasteiger partial charge >= 0.3 is 0 Å². The highest BCUT2D eigenvalue weighted by atomic mass is 16.2. The van der Waals surface area contributed by atoms with E-state index in [0.29, 0.717) is 30.8 Å². The largest absolute Gasteiger partial charge is 0.343 e. The maximum atomic E-state index is 12.4. The van der Waals surface area contributed by atoms with Crippen LogP contribution in [0.2, 0.25) is 0 Å². The van der Waals surface area contributed by atoms with E-state index in [-0.39, 0.29) is 6.04 Å². The van der Waals surface area contributed by atoms with Crippen molar-refractivity contribution in [3.8, 4) is 0 Å². The number of carbonyl (C=O) groups is 1. The van der Waals surface area contributed by atoms with E-state index in [1.165, 1.54) is 19.3 Å². The van der Waals surface area contributed by atoms with E-state index in [9.17, 15) is 4.79 Å². The number of hydrogen-bond acceptors (Lipinski definition) is 3. The molecule has 1 atom stereocenters. The number of likely N-dealkylation sites (tertiary alicyclic amines) is 1. The van der Waals surface area contributed by atoms with Crippen LogP contribution in [0, 0.1) is 5.92 Å². The summed E-state index contributed by atoms with van der Waals surface area (Å²) >= 11 is 0. The first-order chi connectivity index (χ1) is 9.61. The molecule has 1 saturated carbocycles. The third-order valence-electron chi connectivity index (χ3n) is 4.45. The monoisotopic (exact) mass is 281 g/mol. The van der Waals surface area contributed by atoms with Crippen LogP contribution in [0.1, 0.15) is 52.4 Å². The molecule has 0 aromatic rings. The first kappa shape index (κ1) is 15.8. The van der Waals surface area contributed by atoms with Crippen LogP contribution in [0.4, 0.5) is 0 Å². The molecular weight excluding hydrogens is 250 g/mol. The first-order valence-corrected chi connectivity index (χ1v) is 8.35. The second-order valence-electron chi connectivity index (χ2n) is 6.86. The standard InChI is InChI=1S/C16H31N3O/c1-13(2)12-19(14-6-7-14)15(11-17)10-16(20)18-8-4-3-5-9-18/h13-15H,3-12,17H2,1-2H3. The first-order valence-electron chi connectivity index (χ1n) is 8.35. The van der Waals surface area contributed by atoms with Gasteiger partial charge < -0.3 is 10.6 Å². The topological polar surface area (TPSA) is 49.6 Å². The van der Waals surface area contributed by atoms with Crippen molar-refractivity contribution in [3.05, 3.63) is 0 Å². The van der Waals surface area contributed by atoms with Gasteiger partial charge in [0.05, 0.1) is 0 Å². The molecule has 2 N–H and O–H groups in total. The predicted octanol–water partition coefficient (Wildman–Crippen LogP) is 1.84. The van der Waals surface area contributed by atoms with Crippen LogP contribution in [0.3, 0.4) is 0 Å². The van der Waals surface area contributed by atoms with Gasteiger partial charge in [-0.3, -0.25) is 9.69 Å². The molecule has 0 aromatic heterocycles. The van der Waals surface area contributed by atoms with Gasteiger partial charge in [-0.15, -0.1) is 0 Å². The lowest BCUT2D eigenvalue weighted by molar-refractivity contribution is -0.133. The molecule has 1 unspecified atom stereocenters. The van der Waals surface area contributed by atoms with Gasteiger partial charge in [0.1, 0.15) is 0 Å². The summed E-state index contributed by atoms with van der Waals surface area (Å²) in [5, 5.41) is 0. The van der Waals surface area contributed by atoms with Crippen LogP contribution in [0.5, 0.6) is 0 Å². The van der Waals surface area contributed by atoms with Crippen molar-refractivity contribution in [1.29, 1.82) is 0 Å². The van der Waals surface area contributed by atoms with Crippen LogP contribution in [-0.4, -0.2) is 54.0 Å². The van der Waals surface area contributed by atoms with Crippen LogP contribution < -0.4 is 5.73 Å². The molecule has 1 heterocycles. The second-order valence-corrected chi connectivity index (χ2v) is 6.86. The zero-order chi connectivity index (χ0) is 14.5. The number of rotatable bonds is 7. The lowest BCUT2D eigenvalue weighted by Crippen LogP contribution is -2.47. The Morgan fingerprint density at radius 2 is 1.90 bits per heavy atom. The predicted molar refractivity (Wildman–Crippen MR) is 82.5 cm³/mol. The molecule has 1 saturated heterocycles. The zero-order valence-electron chi connectivity index (χ0n) is 13.2. The summed E-state index contributed by atoms with van der Waals surface area (Å²) in [6, 6.07) is 0.916. The van der Waals surface area contributed by atoms with E-state index in [0.717, 1.165) is 32.5 Å². The number of hydrogen-bond donors (Lipinski definition) is 1. The van der Waals surface area contributed by atoms with E-state index in [1.807, 2.05) is 4.90 Å². The highest BCUT2D eigenvalue weighted by Crippen LogP contribution is 2.30. The second kappa shape index (κ2) is 7.41. The van der Waals surface area contributed by atoms with Crippen LogP contribution in [0.25, 0.3) is 0 Å². The summed E-state index contributed by atoms with van der Waals surface area (Å²) < 4.78 is 0. The Morgan fingerprint density at radius 3 is 2.40 bits per heavy atom. The molecule has 1 amide bonds. The minimum absolute atomic E-state index is 0.235. The number of carbonyl (C=O) groups excluding carboxylic acids is 1. The Labute approximate surface area is 123 Å². The van der Waals surface area contributed by atoms with Gasteiger partial charge in [-0.25, -0.2) is 0 Å². The van der Waals surface area contributed by atoms with Gasteiger partial charge in [-0.05, 0) is 38.0 Å². The summed E-state index contributed by atoms with van der Waals surface area (Å²) in [5.74, 6) is 0.948. The van der Waals surface area contributed by atoms with E-state index in [1.54, 1.807) is 0 Å². The van der Waals surface area contributed by atoms with Crippen LogP contribution in [-0.2, 0) is 4.79 Å². The molecule has 0 bridgehead atoms. The Morgan fingerprint density at radius 1 is 1.25 bits per heavy atom. The van der Waals surface area contributed by atoms with Crippen molar-refractivity contribution < 1.29 is 4.79 Å². The number of nitrogens with two attached hydrogens (primary N) is 1. The summed E-state index contributed by atoms with van der Waals surface area (Å²) in [4.78, 5) is 17.0. The summed E-state index contributed by atoms with van der Waals surface area (Å²) in [7, 11) is 0. The van der Waals surface area contributed by atoms with Crippen molar-refractivity contribution in [3.63, 3.8) is 0 Å². The molecule has 2 fully saturated rings. The van der Waals surface area contributed by atoms with Crippen molar-refractivity contribution >= 4 is 5.91 Å². The van der Waals surface area contributed by atoms with E-state index in [2.05, 4.69) is 18.7 Å². The lowest BCUT2D eigenvalue weighted by atomic mass is 10.1. The van der Waals surface area contributed by atoms with Gasteiger partial charge in [0.25, 0.3) is 0 Å². The maximum absolute atomic E-state index is 12.4. The molecule has 0 aromatic carbocycles. The highest BCUT2D eigenvalue weighted by Gasteiger charge is 2.35. The molecular formula is C16H31N3O. The Kier molecular flexibility index (Phi) is 5.85. The number of nitrogens with zero attached hydrogens (tertiary/aromatic N) is 2. The number of amides is 1. The van der Waals surface area contributed by atoms with Gasteiger partial charge in [0.2, 0.25) is 5.91 Å². The zero-order valence-corrected chi connectivity index (χ0v) is 13.2. The smallest absolute Gasteiger partial charge is 0.224 e. The van der Waals surface area contributed by atoms with Gasteiger partial charge in [-0.2, -0.15) is 0 Å². The molecule has 2 rings (SSSR count). The highest BCUT2D eigenvalue weighted by molar-refractivity contribution is 5.77. The van der Waals surface area contributed by atoms with Crippen molar-refractivity contribution in [2.45, 2.75) is 64.5 Å². The minimum Gasteiger partial charge on any atom is -0.343 e. The fraction of sp³-hybridized carbons (Fsp3) is 0.938. The third-order valence-corrected chi connectivity index (χ3v) is 4.45. The van der Waals surface area contributed by atoms with Crippen LogP contribution >= 0.6 is 0 Å². The Hall–Kier alpha value is -0.610. The van der Waals surface area contributed by atoms with Gasteiger partial charge in [0, 0.05) is 44.7 Å². The fourth-order valence-corrected chi connectivity index (χ4v) is 3.23. The molecule has 0 radical (unpaired) electrons. The molecule has 1 aliphatic carbocycles. The van der Waals surface area contributed by atoms with E-state index < -0.39 is 0 Å². The van der Waals surface area contributed by atoms with Gasteiger partial charge in [-0.1, -0.05) is 13.8 Å². The molecule has 1 aliphatic heterocycles. The molecule has 0 spiro atoms. The molecule has 116 valence electrons. The van der Waals surface area contributed by atoms with Crippen molar-refractivity contribution in [1.82, 2.24) is 9.80 Å². The quantitative estimate of drug-likeness (QED) is 0.774. The lowest BCUT2D eigenvalue weighted by Gasteiger charge is -2.34.